The van der Waals surface area contributed by atoms with Crippen molar-refractivity contribution in [1.29, 1.82) is 0 Å². The zero-order valence-electron chi connectivity index (χ0n) is 9.81. The van der Waals surface area contributed by atoms with Gasteiger partial charge in [0.15, 0.2) is 5.76 Å². The normalized spacial score (nSPS) is 12.2. The van der Waals surface area contributed by atoms with E-state index in [-0.39, 0.29) is 17.5 Å². The molecule has 1 heterocycles. The summed E-state index contributed by atoms with van der Waals surface area (Å²) in [5, 5.41) is 2.43. The number of anilines is 1. The van der Waals surface area contributed by atoms with Crippen molar-refractivity contribution < 1.29 is 13.6 Å². The Morgan fingerprint density at radius 1 is 1.33 bits per heavy atom. The Morgan fingerprint density at radius 3 is 2.67 bits per heavy atom. The molecule has 4 nitrogen and oxygen atoms in total. The molecule has 1 aromatic carbocycles. The van der Waals surface area contributed by atoms with Crippen LogP contribution in [0.4, 0.5) is 10.1 Å². The summed E-state index contributed by atoms with van der Waals surface area (Å²) in [4.78, 5) is 11.8. The third-order valence-electron chi connectivity index (χ3n) is 2.42. The van der Waals surface area contributed by atoms with Crippen LogP contribution < -0.4 is 11.1 Å². The van der Waals surface area contributed by atoms with E-state index in [4.69, 9.17) is 10.2 Å². The molecule has 1 unspecified atom stereocenters. The molecule has 0 aliphatic heterocycles. The average molecular weight is 248 g/mol. The van der Waals surface area contributed by atoms with Crippen molar-refractivity contribution >= 4 is 11.6 Å². The highest BCUT2D eigenvalue weighted by molar-refractivity contribution is 6.02. The number of rotatable bonds is 3. The predicted molar refractivity (Wildman–Crippen MR) is 65.7 cm³/mol. The SMILES string of the molecule is CC(N)c1ccc(C(=O)Nc2ccccc2F)o1. The summed E-state index contributed by atoms with van der Waals surface area (Å²) in [6.45, 7) is 1.75. The summed E-state index contributed by atoms with van der Waals surface area (Å²) in [5.74, 6) is -0.393. The van der Waals surface area contributed by atoms with Crippen molar-refractivity contribution in [2.75, 3.05) is 5.32 Å². The van der Waals surface area contributed by atoms with Gasteiger partial charge in [0, 0.05) is 0 Å². The van der Waals surface area contributed by atoms with Crippen molar-refractivity contribution in [2.45, 2.75) is 13.0 Å². The van der Waals surface area contributed by atoms with E-state index in [2.05, 4.69) is 5.32 Å². The van der Waals surface area contributed by atoms with E-state index in [0.29, 0.717) is 5.76 Å². The summed E-state index contributed by atoms with van der Waals surface area (Å²) in [7, 11) is 0. The fraction of sp³-hybridized carbons (Fsp3) is 0.154. The van der Waals surface area contributed by atoms with Gasteiger partial charge in [0.1, 0.15) is 11.6 Å². The first-order valence-corrected chi connectivity index (χ1v) is 5.49. The van der Waals surface area contributed by atoms with Crippen LogP contribution in [-0.4, -0.2) is 5.91 Å². The third kappa shape index (κ3) is 2.57. The zero-order chi connectivity index (χ0) is 13.1. The highest BCUT2D eigenvalue weighted by Gasteiger charge is 2.14. The first kappa shape index (κ1) is 12.3. The molecule has 0 spiro atoms. The molecular formula is C13H13FN2O2. The highest BCUT2D eigenvalue weighted by Crippen LogP contribution is 2.17. The van der Waals surface area contributed by atoms with Gasteiger partial charge in [0.25, 0.3) is 5.91 Å². The molecular weight excluding hydrogens is 235 g/mol. The van der Waals surface area contributed by atoms with E-state index in [1.54, 1.807) is 25.1 Å². The van der Waals surface area contributed by atoms with Crippen molar-refractivity contribution in [1.82, 2.24) is 0 Å². The Balaban J connectivity index is 2.15. The number of furan rings is 1. The van der Waals surface area contributed by atoms with Gasteiger partial charge in [-0.1, -0.05) is 12.1 Å². The summed E-state index contributed by atoms with van der Waals surface area (Å²) in [6.07, 6.45) is 0. The molecule has 2 rings (SSSR count). The number of hydrogen-bond donors (Lipinski definition) is 2. The number of carbonyl (C=O) groups excluding carboxylic acids is 1. The maximum absolute atomic E-state index is 13.3. The van der Waals surface area contributed by atoms with Crippen molar-refractivity contribution in [3.05, 3.63) is 53.7 Å². The molecule has 5 heteroatoms. The maximum Gasteiger partial charge on any atom is 0.291 e. The number of benzene rings is 1. The lowest BCUT2D eigenvalue weighted by Gasteiger charge is -2.04. The molecule has 0 saturated carbocycles. The van der Waals surface area contributed by atoms with Crippen LogP contribution in [0.15, 0.2) is 40.8 Å². The van der Waals surface area contributed by atoms with Gasteiger partial charge in [0.2, 0.25) is 0 Å². The maximum atomic E-state index is 13.3. The Bertz CT molecular complexity index is 564. The van der Waals surface area contributed by atoms with Gasteiger partial charge in [-0.2, -0.15) is 0 Å². The molecule has 0 bridgehead atoms. The summed E-state index contributed by atoms with van der Waals surface area (Å²) in [5.41, 5.74) is 5.73. The number of halogens is 1. The quantitative estimate of drug-likeness (QED) is 0.877. The van der Waals surface area contributed by atoms with E-state index in [9.17, 15) is 9.18 Å². The molecule has 0 radical (unpaired) electrons. The van der Waals surface area contributed by atoms with Crippen LogP contribution in [-0.2, 0) is 0 Å². The van der Waals surface area contributed by atoms with Crippen molar-refractivity contribution in [3.8, 4) is 0 Å². The van der Waals surface area contributed by atoms with Crippen LogP contribution in [0.5, 0.6) is 0 Å². The minimum atomic E-state index is -0.507. The number of amides is 1. The number of hydrogen-bond acceptors (Lipinski definition) is 3. The van der Waals surface area contributed by atoms with Crippen LogP contribution in [0.3, 0.4) is 0 Å². The fourth-order valence-electron chi connectivity index (χ4n) is 1.47. The zero-order valence-corrected chi connectivity index (χ0v) is 9.81. The monoisotopic (exact) mass is 248 g/mol. The van der Waals surface area contributed by atoms with Gasteiger partial charge in [-0.15, -0.1) is 0 Å². The topological polar surface area (TPSA) is 68.3 Å². The minimum absolute atomic E-state index is 0.102. The van der Waals surface area contributed by atoms with E-state index in [1.165, 1.54) is 18.2 Å². The Morgan fingerprint density at radius 2 is 2.06 bits per heavy atom. The number of nitrogens with one attached hydrogen (secondary N) is 1. The molecule has 1 aromatic heterocycles. The standard InChI is InChI=1S/C13H13FN2O2/c1-8(15)11-6-7-12(18-11)13(17)16-10-5-3-2-4-9(10)14/h2-8H,15H2,1H3,(H,16,17). The van der Waals surface area contributed by atoms with E-state index >= 15 is 0 Å². The highest BCUT2D eigenvalue weighted by atomic mass is 19.1. The lowest BCUT2D eigenvalue weighted by atomic mass is 10.3. The van der Waals surface area contributed by atoms with Crippen LogP contribution in [0.2, 0.25) is 0 Å². The van der Waals surface area contributed by atoms with E-state index in [1.807, 2.05) is 0 Å². The lowest BCUT2D eigenvalue weighted by molar-refractivity contribution is 0.0994. The van der Waals surface area contributed by atoms with Crippen molar-refractivity contribution in [2.24, 2.45) is 5.73 Å². The first-order valence-electron chi connectivity index (χ1n) is 5.49. The number of nitrogens with two attached hydrogens (primary N) is 1. The molecule has 18 heavy (non-hydrogen) atoms. The second kappa shape index (κ2) is 5.01. The van der Waals surface area contributed by atoms with Gasteiger partial charge < -0.3 is 15.5 Å². The van der Waals surface area contributed by atoms with Crippen LogP contribution >= 0.6 is 0 Å². The number of carbonyl (C=O) groups is 1. The van der Waals surface area contributed by atoms with Crippen LogP contribution in [0, 0.1) is 5.82 Å². The average Bonchev–Trinajstić information content (AvgIpc) is 2.81. The Labute approximate surface area is 104 Å². The molecule has 0 saturated heterocycles. The second-order valence-electron chi connectivity index (χ2n) is 3.92. The largest absolute Gasteiger partial charge is 0.454 e. The minimum Gasteiger partial charge on any atom is -0.454 e. The van der Waals surface area contributed by atoms with E-state index in [0.717, 1.165) is 0 Å². The van der Waals surface area contributed by atoms with Crippen LogP contribution in [0.25, 0.3) is 0 Å². The molecule has 1 amide bonds. The first-order chi connectivity index (χ1) is 8.58. The lowest BCUT2D eigenvalue weighted by Crippen LogP contribution is -2.12. The Hall–Kier alpha value is -2.14. The van der Waals surface area contributed by atoms with Gasteiger partial charge in [-0.3, -0.25) is 4.79 Å². The molecule has 0 aliphatic carbocycles. The molecule has 1 atom stereocenters. The van der Waals surface area contributed by atoms with Crippen LogP contribution in [0.1, 0.15) is 29.3 Å². The fourth-order valence-corrected chi connectivity index (χ4v) is 1.47. The molecule has 94 valence electrons. The van der Waals surface area contributed by atoms with Gasteiger partial charge >= 0.3 is 0 Å². The van der Waals surface area contributed by atoms with E-state index < -0.39 is 11.7 Å². The summed E-state index contributed by atoms with van der Waals surface area (Å²) < 4.78 is 18.6. The molecule has 0 aliphatic rings. The Kier molecular flexibility index (Phi) is 3.43. The van der Waals surface area contributed by atoms with Gasteiger partial charge in [-0.25, -0.2) is 4.39 Å². The smallest absolute Gasteiger partial charge is 0.291 e. The summed E-state index contributed by atoms with van der Waals surface area (Å²) >= 11 is 0. The molecule has 3 N–H and O–H groups in total. The number of para-hydroxylation sites is 1. The molecule has 2 aromatic rings. The van der Waals surface area contributed by atoms with Gasteiger partial charge in [0.05, 0.1) is 11.7 Å². The van der Waals surface area contributed by atoms with Gasteiger partial charge in [-0.05, 0) is 31.2 Å². The third-order valence-corrected chi connectivity index (χ3v) is 2.42. The molecule has 0 fully saturated rings. The van der Waals surface area contributed by atoms with Crippen molar-refractivity contribution in [3.63, 3.8) is 0 Å². The second-order valence-corrected chi connectivity index (χ2v) is 3.92. The summed E-state index contributed by atoms with van der Waals surface area (Å²) in [6, 6.07) is 8.77. The predicted octanol–water partition coefficient (Wildman–Crippen LogP) is 2.69.